The molecule has 116 valence electrons. The van der Waals surface area contributed by atoms with Crippen LogP contribution in [0.5, 0.6) is 0 Å². The van der Waals surface area contributed by atoms with Crippen molar-refractivity contribution in [2.45, 2.75) is 25.3 Å². The second kappa shape index (κ2) is 5.39. The normalized spacial score (nSPS) is 16.4. The topological polar surface area (TPSA) is 81.1 Å². The average molecular weight is 309 g/mol. The molecule has 0 amide bonds. The van der Waals surface area contributed by atoms with Crippen LogP contribution in [0.3, 0.4) is 0 Å². The Hall–Kier alpha value is -2.89. The number of rotatable bonds is 4. The molecule has 23 heavy (non-hydrogen) atoms. The highest BCUT2D eigenvalue weighted by Crippen LogP contribution is 2.37. The van der Waals surface area contributed by atoms with E-state index >= 15 is 0 Å². The van der Waals surface area contributed by atoms with Gasteiger partial charge in [0.25, 0.3) is 0 Å². The quantitative estimate of drug-likeness (QED) is 0.801. The van der Waals surface area contributed by atoms with Crippen LogP contribution in [0, 0.1) is 0 Å². The number of benzene rings is 1. The number of hydrogen-bond acceptors (Lipinski definition) is 4. The molecule has 2 heterocycles. The highest BCUT2D eigenvalue weighted by atomic mass is 16.4. The van der Waals surface area contributed by atoms with Crippen LogP contribution < -0.4 is 0 Å². The maximum atomic E-state index is 11.2. The summed E-state index contributed by atoms with van der Waals surface area (Å²) in [4.78, 5) is 15.7. The van der Waals surface area contributed by atoms with Crippen LogP contribution in [-0.4, -0.2) is 25.8 Å². The molecular weight excluding hydrogens is 294 g/mol. The van der Waals surface area contributed by atoms with Crippen LogP contribution in [0.1, 0.15) is 29.3 Å². The van der Waals surface area contributed by atoms with E-state index in [4.69, 9.17) is 9.52 Å². The number of carbonyl (C=O) groups is 1. The van der Waals surface area contributed by atoms with Crippen molar-refractivity contribution in [3.8, 4) is 11.6 Å². The van der Waals surface area contributed by atoms with E-state index < -0.39 is 5.97 Å². The number of nitrogens with zero attached hydrogens (tertiary/aromatic N) is 3. The third-order valence-corrected chi connectivity index (χ3v) is 4.17. The summed E-state index contributed by atoms with van der Waals surface area (Å²) in [5, 5.41) is 13.5. The van der Waals surface area contributed by atoms with Crippen LogP contribution in [0.25, 0.3) is 11.6 Å². The maximum Gasteiger partial charge on any atom is 0.325 e. The second-order valence-corrected chi connectivity index (χ2v) is 5.61. The van der Waals surface area contributed by atoms with Gasteiger partial charge >= 0.3 is 5.97 Å². The van der Waals surface area contributed by atoms with Crippen molar-refractivity contribution in [3.05, 3.63) is 59.6 Å². The third-order valence-electron chi connectivity index (χ3n) is 4.17. The lowest BCUT2D eigenvalue weighted by molar-refractivity contribution is -0.137. The van der Waals surface area contributed by atoms with Gasteiger partial charge < -0.3 is 9.52 Å². The van der Waals surface area contributed by atoms with E-state index in [1.807, 2.05) is 12.1 Å². The molecular formula is C17H15N3O3. The van der Waals surface area contributed by atoms with E-state index in [0.717, 1.165) is 12.8 Å². The number of carboxylic acids is 1. The minimum absolute atomic E-state index is 0.0711. The summed E-state index contributed by atoms with van der Waals surface area (Å²) in [5.74, 6) is 0.788. The van der Waals surface area contributed by atoms with Crippen molar-refractivity contribution in [2.24, 2.45) is 0 Å². The van der Waals surface area contributed by atoms with Crippen molar-refractivity contribution in [1.82, 2.24) is 14.8 Å². The first kappa shape index (κ1) is 13.8. The van der Waals surface area contributed by atoms with Gasteiger partial charge in [-0.25, -0.2) is 9.67 Å². The van der Waals surface area contributed by atoms with Crippen molar-refractivity contribution in [3.63, 3.8) is 0 Å². The first-order valence-corrected chi connectivity index (χ1v) is 7.50. The zero-order chi connectivity index (χ0) is 15.8. The molecule has 6 heteroatoms. The molecule has 0 fully saturated rings. The van der Waals surface area contributed by atoms with Gasteiger partial charge in [0, 0.05) is 5.92 Å². The van der Waals surface area contributed by atoms with Crippen molar-refractivity contribution in [2.75, 3.05) is 0 Å². The Morgan fingerprint density at radius 3 is 2.96 bits per heavy atom. The Morgan fingerprint density at radius 1 is 1.30 bits per heavy atom. The summed E-state index contributed by atoms with van der Waals surface area (Å²) in [6, 6.07) is 11.8. The van der Waals surface area contributed by atoms with Crippen molar-refractivity contribution >= 4 is 5.97 Å². The predicted octanol–water partition coefficient (Wildman–Crippen LogP) is 2.70. The Morgan fingerprint density at radius 2 is 2.17 bits per heavy atom. The Labute approximate surface area is 132 Å². The summed E-state index contributed by atoms with van der Waals surface area (Å²) < 4.78 is 6.82. The van der Waals surface area contributed by atoms with Crippen molar-refractivity contribution < 1.29 is 14.3 Å². The number of aryl methyl sites for hydroxylation is 1. The first-order valence-electron chi connectivity index (χ1n) is 7.50. The minimum atomic E-state index is -0.937. The van der Waals surface area contributed by atoms with Gasteiger partial charge in [-0.15, -0.1) is 5.10 Å². The van der Waals surface area contributed by atoms with E-state index in [2.05, 4.69) is 22.2 Å². The molecule has 1 aliphatic rings. The molecule has 0 saturated carbocycles. The molecule has 1 aliphatic carbocycles. The zero-order valence-electron chi connectivity index (χ0n) is 12.3. The monoisotopic (exact) mass is 309 g/mol. The van der Waals surface area contributed by atoms with E-state index in [9.17, 15) is 4.79 Å². The van der Waals surface area contributed by atoms with Gasteiger partial charge in [-0.2, -0.15) is 0 Å². The third kappa shape index (κ3) is 2.42. The predicted molar refractivity (Wildman–Crippen MR) is 82.0 cm³/mol. The van der Waals surface area contributed by atoms with Gasteiger partial charge in [0.05, 0.1) is 6.26 Å². The molecule has 6 nitrogen and oxygen atoms in total. The summed E-state index contributed by atoms with van der Waals surface area (Å²) in [6.45, 7) is -0.207. The first-order chi connectivity index (χ1) is 11.2. The number of aromatic nitrogens is 3. The van der Waals surface area contributed by atoms with Crippen molar-refractivity contribution in [1.29, 1.82) is 0 Å². The molecule has 2 aromatic heterocycles. The molecule has 1 aromatic carbocycles. The zero-order valence-corrected chi connectivity index (χ0v) is 12.3. The Bertz CT molecular complexity index is 852. The number of aliphatic carboxylic acids is 1. The lowest BCUT2D eigenvalue weighted by Crippen LogP contribution is -2.15. The smallest absolute Gasteiger partial charge is 0.325 e. The second-order valence-electron chi connectivity index (χ2n) is 5.61. The fraction of sp³-hybridized carbons (Fsp3) is 0.235. The van der Waals surface area contributed by atoms with E-state index in [1.165, 1.54) is 15.8 Å². The molecule has 1 unspecified atom stereocenters. The van der Waals surface area contributed by atoms with Gasteiger partial charge in [0.15, 0.2) is 5.76 Å². The lowest BCUT2D eigenvalue weighted by Gasteiger charge is -2.11. The Balaban J connectivity index is 1.79. The van der Waals surface area contributed by atoms with E-state index in [0.29, 0.717) is 17.4 Å². The molecule has 4 rings (SSSR count). The fourth-order valence-corrected chi connectivity index (χ4v) is 3.19. The number of furan rings is 1. The van der Waals surface area contributed by atoms with Crippen LogP contribution in [0.4, 0.5) is 0 Å². The van der Waals surface area contributed by atoms with E-state index in [1.54, 1.807) is 18.4 Å². The average Bonchev–Trinajstić information content (AvgIpc) is 3.25. The molecule has 3 aromatic rings. The van der Waals surface area contributed by atoms with Crippen LogP contribution >= 0.6 is 0 Å². The summed E-state index contributed by atoms with van der Waals surface area (Å²) in [7, 11) is 0. The minimum Gasteiger partial charge on any atom is -0.480 e. The van der Waals surface area contributed by atoms with Gasteiger partial charge in [0.1, 0.15) is 12.4 Å². The molecule has 1 N–H and O–H groups in total. The highest BCUT2D eigenvalue weighted by Gasteiger charge is 2.29. The largest absolute Gasteiger partial charge is 0.480 e. The van der Waals surface area contributed by atoms with Gasteiger partial charge in [0.2, 0.25) is 5.82 Å². The fourth-order valence-electron chi connectivity index (χ4n) is 3.19. The molecule has 1 atom stereocenters. The van der Waals surface area contributed by atoms with Crippen LogP contribution in [-0.2, 0) is 17.8 Å². The molecule has 0 aliphatic heterocycles. The molecule has 0 bridgehead atoms. The Kier molecular flexibility index (Phi) is 3.22. The number of fused-ring (bicyclic) bond motifs is 1. The van der Waals surface area contributed by atoms with Gasteiger partial charge in [-0.05, 0) is 36.1 Å². The number of carboxylic acid groups (broad SMARTS) is 1. The lowest BCUT2D eigenvalue weighted by atomic mass is 10.0. The van der Waals surface area contributed by atoms with Gasteiger partial charge in [-0.3, -0.25) is 4.79 Å². The highest BCUT2D eigenvalue weighted by molar-refractivity contribution is 5.66. The SMILES string of the molecule is O=C(O)Cn1nc(-c2ccco2)nc1C1CCc2ccccc21. The summed E-state index contributed by atoms with van der Waals surface area (Å²) in [5.41, 5.74) is 2.50. The van der Waals surface area contributed by atoms with Crippen LogP contribution in [0.2, 0.25) is 0 Å². The van der Waals surface area contributed by atoms with Crippen LogP contribution in [0.15, 0.2) is 47.1 Å². The molecule has 0 radical (unpaired) electrons. The van der Waals surface area contributed by atoms with E-state index in [-0.39, 0.29) is 12.5 Å². The maximum absolute atomic E-state index is 11.2. The summed E-state index contributed by atoms with van der Waals surface area (Å²) in [6.07, 6.45) is 3.43. The number of hydrogen-bond donors (Lipinski definition) is 1. The summed E-state index contributed by atoms with van der Waals surface area (Å²) >= 11 is 0. The molecule has 0 saturated heterocycles. The van der Waals surface area contributed by atoms with Gasteiger partial charge in [-0.1, -0.05) is 24.3 Å². The molecule has 0 spiro atoms. The standard InChI is InChI=1S/C17H15N3O3/c21-15(22)10-20-17(18-16(19-20)14-6-3-9-23-14)13-8-7-11-4-1-2-5-12(11)13/h1-6,9,13H,7-8,10H2,(H,21,22).